The highest BCUT2D eigenvalue weighted by molar-refractivity contribution is 5.93. The molecule has 0 unspecified atom stereocenters. The zero-order chi connectivity index (χ0) is 21.7. The second-order valence-corrected chi connectivity index (χ2v) is 6.47. The first-order chi connectivity index (χ1) is 14.1. The van der Waals surface area contributed by atoms with Crippen LogP contribution in [0.3, 0.4) is 0 Å². The van der Waals surface area contributed by atoms with Gasteiger partial charge in [-0.15, -0.1) is 0 Å². The highest BCUT2D eigenvalue weighted by Gasteiger charge is 2.37. The van der Waals surface area contributed by atoms with Crippen molar-refractivity contribution in [1.82, 2.24) is 9.78 Å². The van der Waals surface area contributed by atoms with Crippen molar-refractivity contribution in [3.63, 3.8) is 0 Å². The first-order valence-electron chi connectivity index (χ1n) is 8.55. The van der Waals surface area contributed by atoms with Crippen LogP contribution in [0.15, 0.2) is 59.0 Å². The van der Waals surface area contributed by atoms with Crippen molar-refractivity contribution in [2.45, 2.75) is 19.0 Å². The molecule has 1 N–H and O–H groups in total. The molecule has 0 fully saturated rings. The van der Waals surface area contributed by atoms with E-state index < -0.39 is 29.2 Å². The molecule has 0 aliphatic carbocycles. The molecule has 10 heteroatoms. The molecule has 0 aliphatic heterocycles. The highest BCUT2D eigenvalue weighted by atomic mass is 19.4. The molecule has 2 aromatic carbocycles. The number of nitrogens with zero attached hydrogens (tertiary/aromatic N) is 2. The first-order valence-corrected chi connectivity index (χ1v) is 8.55. The molecule has 4 aromatic rings. The topological polar surface area (TPSA) is 51.2 Å². The molecule has 2 aromatic heterocycles. The number of rotatable bonds is 3. The summed E-state index contributed by atoms with van der Waals surface area (Å²) in [6.07, 6.45) is -9.95. The lowest BCUT2D eigenvalue weighted by atomic mass is 10.1. The number of halogens is 6. The summed E-state index contributed by atoms with van der Waals surface area (Å²) in [7, 11) is 0. The molecular weight excluding hydrogens is 414 g/mol. The summed E-state index contributed by atoms with van der Waals surface area (Å²) in [5.74, 6) is 0.457. The third-order valence-corrected chi connectivity index (χ3v) is 4.46. The molecule has 0 aliphatic rings. The van der Waals surface area contributed by atoms with Crippen LogP contribution in [-0.2, 0) is 19.0 Å². The minimum absolute atomic E-state index is 0.0656. The maximum Gasteiger partial charge on any atom is 0.416 e. The van der Waals surface area contributed by atoms with Gasteiger partial charge < -0.3 is 9.52 Å². The van der Waals surface area contributed by atoms with Crippen molar-refractivity contribution in [3.8, 4) is 17.1 Å². The van der Waals surface area contributed by atoms with E-state index in [2.05, 4.69) is 5.10 Å². The van der Waals surface area contributed by atoms with Gasteiger partial charge in [0.05, 0.1) is 22.3 Å². The van der Waals surface area contributed by atoms with E-state index in [-0.39, 0.29) is 29.9 Å². The van der Waals surface area contributed by atoms with Crippen molar-refractivity contribution < 1.29 is 35.9 Å². The number of aliphatic hydroxyl groups excluding tert-OH is 1. The van der Waals surface area contributed by atoms with Gasteiger partial charge in [0, 0.05) is 5.39 Å². The molecule has 0 saturated heterocycles. The van der Waals surface area contributed by atoms with Gasteiger partial charge in [-0.2, -0.15) is 31.4 Å². The minimum atomic E-state index is -4.97. The zero-order valence-corrected chi connectivity index (χ0v) is 14.9. The van der Waals surface area contributed by atoms with Crippen LogP contribution in [0.4, 0.5) is 26.3 Å². The molecule has 2 heterocycles. The molecule has 30 heavy (non-hydrogen) atoms. The van der Waals surface area contributed by atoms with Gasteiger partial charge in [-0.25, -0.2) is 4.68 Å². The van der Waals surface area contributed by atoms with E-state index in [0.29, 0.717) is 23.0 Å². The number of benzene rings is 2. The lowest BCUT2D eigenvalue weighted by Gasteiger charge is -2.14. The first kappa shape index (κ1) is 20.0. The van der Waals surface area contributed by atoms with Crippen LogP contribution in [0.5, 0.6) is 0 Å². The fourth-order valence-corrected chi connectivity index (χ4v) is 3.10. The Bertz CT molecular complexity index is 1190. The van der Waals surface area contributed by atoms with E-state index in [1.807, 2.05) is 0 Å². The third-order valence-electron chi connectivity index (χ3n) is 4.46. The standard InChI is InChI=1S/C20H12F6N2O2/c21-19(22,23)11-7-12(20(24,25)26)9-13(8-11)28-16-4-2-1-3-15(16)18(27-28)17-6-5-14(10-29)30-17/h1-9,29H,10H2. The van der Waals surface area contributed by atoms with Crippen molar-refractivity contribution in [3.05, 3.63) is 71.5 Å². The monoisotopic (exact) mass is 426 g/mol. The van der Waals surface area contributed by atoms with Crippen LogP contribution in [-0.4, -0.2) is 14.9 Å². The molecule has 0 saturated carbocycles. The SMILES string of the molecule is OCc1ccc(-c2nn(-c3cc(C(F)(F)F)cc(C(F)(F)F)c3)c3ccccc23)o1. The predicted octanol–water partition coefficient (Wildman–Crippen LogP) is 5.82. The Hall–Kier alpha value is -3.27. The van der Waals surface area contributed by atoms with Gasteiger partial charge in [-0.3, -0.25) is 0 Å². The lowest BCUT2D eigenvalue weighted by Crippen LogP contribution is -2.12. The van der Waals surface area contributed by atoms with Gasteiger partial charge in [0.25, 0.3) is 0 Å². The normalized spacial score (nSPS) is 12.6. The molecule has 0 bridgehead atoms. The van der Waals surface area contributed by atoms with E-state index in [1.54, 1.807) is 18.2 Å². The number of alkyl halides is 6. The highest BCUT2D eigenvalue weighted by Crippen LogP contribution is 2.38. The van der Waals surface area contributed by atoms with E-state index in [1.165, 1.54) is 18.2 Å². The maximum atomic E-state index is 13.2. The Morgan fingerprint density at radius 2 is 1.50 bits per heavy atom. The molecule has 0 spiro atoms. The van der Waals surface area contributed by atoms with Crippen molar-refractivity contribution in [2.75, 3.05) is 0 Å². The van der Waals surface area contributed by atoms with Crippen LogP contribution < -0.4 is 0 Å². The summed E-state index contributed by atoms with van der Waals surface area (Å²) in [6.45, 7) is -0.374. The number of hydrogen-bond donors (Lipinski definition) is 1. The smallest absolute Gasteiger partial charge is 0.416 e. The van der Waals surface area contributed by atoms with Gasteiger partial charge in [0.15, 0.2) is 5.76 Å². The van der Waals surface area contributed by atoms with E-state index in [4.69, 9.17) is 4.42 Å². The molecule has 4 rings (SSSR count). The van der Waals surface area contributed by atoms with Crippen LogP contribution in [0, 0.1) is 0 Å². The molecule has 0 atom stereocenters. The maximum absolute atomic E-state index is 13.2. The lowest BCUT2D eigenvalue weighted by molar-refractivity contribution is -0.143. The molecule has 156 valence electrons. The Labute approximate surface area is 165 Å². The third kappa shape index (κ3) is 3.54. The number of aromatic nitrogens is 2. The van der Waals surface area contributed by atoms with E-state index in [0.717, 1.165) is 4.68 Å². The second-order valence-electron chi connectivity index (χ2n) is 6.47. The fraction of sp³-hybridized carbons (Fsp3) is 0.150. The number of fused-ring (bicyclic) bond motifs is 1. The van der Waals surface area contributed by atoms with Gasteiger partial charge >= 0.3 is 12.4 Å². The summed E-state index contributed by atoms with van der Waals surface area (Å²) in [6, 6.07) is 10.7. The predicted molar refractivity (Wildman–Crippen MR) is 94.7 cm³/mol. The van der Waals surface area contributed by atoms with Crippen molar-refractivity contribution in [1.29, 1.82) is 0 Å². The molecule has 0 amide bonds. The van der Waals surface area contributed by atoms with Gasteiger partial charge in [-0.05, 0) is 36.4 Å². The Morgan fingerprint density at radius 3 is 2.07 bits per heavy atom. The quantitative estimate of drug-likeness (QED) is 0.421. The summed E-state index contributed by atoms with van der Waals surface area (Å²) in [5.41, 5.74) is -2.75. The average Bonchev–Trinajstić information content (AvgIpc) is 3.31. The summed E-state index contributed by atoms with van der Waals surface area (Å²) >= 11 is 0. The summed E-state index contributed by atoms with van der Waals surface area (Å²) in [5, 5.41) is 13.9. The summed E-state index contributed by atoms with van der Waals surface area (Å²) in [4.78, 5) is 0. The van der Waals surface area contributed by atoms with Crippen LogP contribution in [0.2, 0.25) is 0 Å². The number of aliphatic hydroxyl groups is 1. The van der Waals surface area contributed by atoms with Gasteiger partial charge in [-0.1, -0.05) is 18.2 Å². The Kier molecular flexibility index (Phi) is 4.61. The number of furan rings is 1. The average molecular weight is 426 g/mol. The zero-order valence-electron chi connectivity index (χ0n) is 14.9. The number of para-hydroxylation sites is 1. The fourth-order valence-electron chi connectivity index (χ4n) is 3.10. The number of hydrogen-bond acceptors (Lipinski definition) is 3. The summed E-state index contributed by atoms with van der Waals surface area (Å²) < 4.78 is 85.9. The Morgan fingerprint density at radius 1 is 0.867 bits per heavy atom. The van der Waals surface area contributed by atoms with Crippen LogP contribution >= 0.6 is 0 Å². The molecule has 0 radical (unpaired) electrons. The van der Waals surface area contributed by atoms with Gasteiger partial charge in [0.1, 0.15) is 18.1 Å². The minimum Gasteiger partial charge on any atom is -0.457 e. The molecular formula is C20H12F6N2O2. The Balaban J connectivity index is 1.98. The second kappa shape index (κ2) is 6.91. The van der Waals surface area contributed by atoms with Crippen molar-refractivity contribution in [2.24, 2.45) is 0 Å². The van der Waals surface area contributed by atoms with Crippen LogP contribution in [0.25, 0.3) is 28.0 Å². The van der Waals surface area contributed by atoms with Crippen LogP contribution in [0.1, 0.15) is 16.9 Å². The largest absolute Gasteiger partial charge is 0.457 e. The van der Waals surface area contributed by atoms with Crippen molar-refractivity contribution >= 4 is 10.9 Å². The van der Waals surface area contributed by atoms with E-state index >= 15 is 0 Å². The van der Waals surface area contributed by atoms with Gasteiger partial charge in [0.2, 0.25) is 0 Å². The molecule has 4 nitrogen and oxygen atoms in total. The van der Waals surface area contributed by atoms with E-state index in [9.17, 15) is 31.4 Å².